The van der Waals surface area contributed by atoms with Crippen LogP contribution in [0.1, 0.15) is 36.9 Å². The minimum absolute atomic E-state index is 0.0578. The molecule has 0 bridgehead atoms. The molecule has 2 aromatic carbocycles. The van der Waals surface area contributed by atoms with Gasteiger partial charge in [-0.3, -0.25) is 4.68 Å². The Kier molecular flexibility index (Phi) is 5.79. The molecule has 0 spiro atoms. The zero-order chi connectivity index (χ0) is 20.1. The maximum Gasteiger partial charge on any atom is 0.322 e. The zero-order valence-electron chi connectivity index (χ0n) is 16.6. The summed E-state index contributed by atoms with van der Waals surface area (Å²) in [5.41, 5.74) is 3.04. The number of hydrogen-bond donors (Lipinski definition) is 1. The second kappa shape index (κ2) is 8.82. The number of likely N-dealkylation sites (tertiary alicyclic amines) is 1. The first kappa shape index (κ1) is 19.1. The van der Waals surface area contributed by atoms with Crippen LogP contribution in [0.5, 0.6) is 5.75 Å². The molecule has 1 aliphatic heterocycles. The molecule has 1 fully saturated rings. The topological polar surface area (TPSA) is 59.4 Å². The van der Waals surface area contributed by atoms with Crippen molar-refractivity contribution in [2.75, 3.05) is 18.5 Å². The number of anilines is 1. The summed E-state index contributed by atoms with van der Waals surface area (Å²) in [4.78, 5) is 14.9. The normalized spacial score (nSPS) is 16.0. The van der Waals surface area contributed by atoms with Crippen LogP contribution in [0.3, 0.4) is 0 Å². The Hall–Kier alpha value is -3.28. The third-order valence-corrected chi connectivity index (χ3v) is 5.17. The lowest BCUT2D eigenvalue weighted by Gasteiger charge is -2.25. The van der Waals surface area contributed by atoms with Crippen LogP contribution in [0, 0.1) is 0 Å². The van der Waals surface area contributed by atoms with Crippen molar-refractivity contribution < 1.29 is 9.53 Å². The number of aromatic nitrogens is 2. The first-order valence-electron chi connectivity index (χ1n) is 10.1. The molecule has 1 saturated heterocycles. The molecule has 0 saturated carbocycles. The van der Waals surface area contributed by atoms with Crippen LogP contribution >= 0.6 is 0 Å². The fourth-order valence-corrected chi connectivity index (χ4v) is 3.83. The van der Waals surface area contributed by atoms with Gasteiger partial charge in [-0.05, 0) is 61.2 Å². The fraction of sp³-hybridized carbons (Fsp3) is 0.304. The van der Waals surface area contributed by atoms with E-state index in [1.807, 2.05) is 65.2 Å². The molecule has 29 heavy (non-hydrogen) atoms. The number of nitrogens with zero attached hydrogens (tertiary/aromatic N) is 3. The molecule has 2 heterocycles. The zero-order valence-corrected chi connectivity index (χ0v) is 16.6. The van der Waals surface area contributed by atoms with Gasteiger partial charge < -0.3 is 15.0 Å². The van der Waals surface area contributed by atoms with Gasteiger partial charge in [0.25, 0.3) is 0 Å². The van der Waals surface area contributed by atoms with E-state index in [4.69, 9.17) is 4.74 Å². The molecule has 6 nitrogen and oxygen atoms in total. The summed E-state index contributed by atoms with van der Waals surface area (Å²) in [6.07, 6.45) is 5.67. The maximum absolute atomic E-state index is 13.0. The van der Waals surface area contributed by atoms with Gasteiger partial charge in [0.1, 0.15) is 5.75 Å². The molecule has 6 heteroatoms. The SMILES string of the molecule is CCOc1ccc(C2CCCN2C(=O)Nc2cccc(Cn3cccn3)c2)cc1. The number of amides is 2. The van der Waals surface area contributed by atoms with Crippen LogP contribution in [0.15, 0.2) is 67.0 Å². The summed E-state index contributed by atoms with van der Waals surface area (Å²) in [5, 5.41) is 7.31. The number of hydrogen-bond acceptors (Lipinski definition) is 3. The summed E-state index contributed by atoms with van der Waals surface area (Å²) in [7, 11) is 0. The highest BCUT2D eigenvalue weighted by molar-refractivity contribution is 5.89. The molecule has 150 valence electrons. The van der Waals surface area contributed by atoms with Gasteiger partial charge in [-0.1, -0.05) is 24.3 Å². The number of carbonyl (C=O) groups is 1. The Balaban J connectivity index is 1.43. The molecule has 2 amide bonds. The molecule has 0 radical (unpaired) electrons. The Morgan fingerprint density at radius 1 is 1.21 bits per heavy atom. The van der Waals surface area contributed by atoms with Crippen molar-refractivity contribution >= 4 is 11.7 Å². The highest BCUT2D eigenvalue weighted by atomic mass is 16.5. The van der Waals surface area contributed by atoms with E-state index in [-0.39, 0.29) is 12.1 Å². The number of rotatable bonds is 6. The van der Waals surface area contributed by atoms with Crippen LogP contribution in [-0.4, -0.2) is 33.9 Å². The van der Waals surface area contributed by atoms with E-state index < -0.39 is 0 Å². The van der Waals surface area contributed by atoms with Crippen LogP contribution in [0.2, 0.25) is 0 Å². The van der Waals surface area contributed by atoms with Gasteiger partial charge in [0.2, 0.25) is 0 Å². The summed E-state index contributed by atoms with van der Waals surface area (Å²) in [5.74, 6) is 0.860. The van der Waals surface area contributed by atoms with Crippen LogP contribution in [0.4, 0.5) is 10.5 Å². The highest BCUT2D eigenvalue weighted by Crippen LogP contribution is 2.33. The number of ether oxygens (including phenoxy) is 1. The van der Waals surface area contributed by atoms with Gasteiger partial charge in [-0.15, -0.1) is 0 Å². The van der Waals surface area contributed by atoms with E-state index in [1.54, 1.807) is 6.20 Å². The molecule has 1 N–H and O–H groups in total. The minimum atomic E-state index is -0.0578. The second-order valence-electron chi connectivity index (χ2n) is 7.19. The van der Waals surface area contributed by atoms with Crippen LogP contribution in [-0.2, 0) is 6.54 Å². The van der Waals surface area contributed by atoms with Crippen molar-refractivity contribution in [2.45, 2.75) is 32.4 Å². The van der Waals surface area contributed by atoms with Crippen molar-refractivity contribution in [1.82, 2.24) is 14.7 Å². The van der Waals surface area contributed by atoms with Gasteiger partial charge in [-0.25, -0.2) is 4.79 Å². The van der Waals surface area contributed by atoms with Gasteiger partial charge in [0.05, 0.1) is 19.2 Å². The lowest BCUT2D eigenvalue weighted by atomic mass is 10.0. The maximum atomic E-state index is 13.0. The lowest BCUT2D eigenvalue weighted by molar-refractivity contribution is 0.207. The molecular weight excluding hydrogens is 364 g/mol. The Morgan fingerprint density at radius 2 is 2.07 bits per heavy atom. The Morgan fingerprint density at radius 3 is 2.83 bits per heavy atom. The minimum Gasteiger partial charge on any atom is -0.494 e. The van der Waals surface area contributed by atoms with Crippen molar-refractivity contribution in [3.8, 4) is 5.75 Å². The lowest BCUT2D eigenvalue weighted by Crippen LogP contribution is -2.34. The molecule has 1 aliphatic rings. The van der Waals surface area contributed by atoms with Gasteiger partial charge in [0, 0.05) is 24.6 Å². The van der Waals surface area contributed by atoms with Gasteiger partial charge >= 0.3 is 6.03 Å². The molecular formula is C23H26N4O2. The molecule has 1 unspecified atom stereocenters. The molecule has 4 rings (SSSR count). The van der Waals surface area contributed by atoms with Crippen molar-refractivity contribution in [1.29, 1.82) is 0 Å². The number of nitrogens with one attached hydrogen (secondary N) is 1. The quantitative estimate of drug-likeness (QED) is 0.664. The largest absolute Gasteiger partial charge is 0.494 e. The van der Waals surface area contributed by atoms with E-state index in [2.05, 4.69) is 22.5 Å². The van der Waals surface area contributed by atoms with E-state index in [0.717, 1.165) is 42.0 Å². The average Bonchev–Trinajstić information content (AvgIpc) is 3.41. The third kappa shape index (κ3) is 4.59. The summed E-state index contributed by atoms with van der Waals surface area (Å²) in [6, 6.07) is 17.9. The number of carbonyl (C=O) groups excluding carboxylic acids is 1. The Labute approximate surface area is 171 Å². The number of benzene rings is 2. The summed E-state index contributed by atoms with van der Waals surface area (Å²) >= 11 is 0. The standard InChI is InChI=1S/C23H26N4O2/c1-2-29-21-11-9-19(10-12-21)22-8-4-15-27(22)23(28)25-20-7-3-6-18(16-20)17-26-14-5-13-24-26/h3,5-7,9-14,16,22H,2,4,8,15,17H2,1H3,(H,25,28). The first-order chi connectivity index (χ1) is 14.2. The third-order valence-electron chi connectivity index (χ3n) is 5.17. The van der Waals surface area contributed by atoms with E-state index >= 15 is 0 Å². The van der Waals surface area contributed by atoms with Gasteiger partial charge in [-0.2, -0.15) is 5.10 Å². The van der Waals surface area contributed by atoms with E-state index in [1.165, 1.54) is 0 Å². The highest BCUT2D eigenvalue weighted by Gasteiger charge is 2.30. The first-order valence-corrected chi connectivity index (χ1v) is 10.1. The van der Waals surface area contributed by atoms with Crippen LogP contribution in [0.25, 0.3) is 0 Å². The second-order valence-corrected chi connectivity index (χ2v) is 7.19. The molecule has 0 aliphatic carbocycles. The summed E-state index contributed by atoms with van der Waals surface area (Å²) in [6.45, 7) is 4.06. The Bertz CT molecular complexity index is 938. The van der Waals surface area contributed by atoms with E-state index in [0.29, 0.717) is 13.2 Å². The predicted octanol–water partition coefficient (Wildman–Crippen LogP) is 4.70. The number of urea groups is 1. The smallest absolute Gasteiger partial charge is 0.322 e. The fourth-order valence-electron chi connectivity index (χ4n) is 3.83. The predicted molar refractivity (Wildman–Crippen MR) is 113 cm³/mol. The molecule has 1 atom stereocenters. The monoisotopic (exact) mass is 390 g/mol. The molecule has 3 aromatic rings. The molecule has 1 aromatic heterocycles. The van der Waals surface area contributed by atoms with Crippen molar-refractivity contribution in [2.24, 2.45) is 0 Å². The van der Waals surface area contributed by atoms with Crippen LogP contribution < -0.4 is 10.1 Å². The summed E-state index contributed by atoms with van der Waals surface area (Å²) < 4.78 is 7.39. The van der Waals surface area contributed by atoms with Crippen molar-refractivity contribution in [3.05, 3.63) is 78.1 Å². The van der Waals surface area contributed by atoms with E-state index in [9.17, 15) is 4.79 Å². The van der Waals surface area contributed by atoms with Crippen molar-refractivity contribution in [3.63, 3.8) is 0 Å². The van der Waals surface area contributed by atoms with Gasteiger partial charge in [0.15, 0.2) is 0 Å². The average molecular weight is 390 g/mol.